The molecule has 4 unspecified atom stereocenters. The zero-order valence-corrected chi connectivity index (χ0v) is 17.9. The first-order valence-electron chi connectivity index (χ1n) is 11.6. The average Bonchev–Trinajstić information content (AvgIpc) is 3.53. The summed E-state index contributed by atoms with van der Waals surface area (Å²) in [5.74, 6) is 1.22. The molecule has 0 saturated heterocycles. The third-order valence-corrected chi connectivity index (χ3v) is 8.67. The van der Waals surface area contributed by atoms with Gasteiger partial charge in [0.2, 0.25) is 5.60 Å². The van der Waals surface area contributed by atoms with Crippen LogP contribution in [0.15, 0.2) is 66.5 Å². The number of aromatic nitrogens is 2. The van der Waals surface area contributed by atoms with Gasteiger partial charge in [-0.1, -0.05) is 54.1 Å². The zero-order valence-electron chi connectivity index (χ0n) is 17.9. The molecule has 3 aromatic rings. The largest absolute Gasteiger partial charge is 0.425 e. The lowest BCUT2D eigenvalue weighted by molar-refractivity contribution is -0.246. The van der Waals surface area contributed by atoms with Gasteiger partial charge in [0.15, 0.2) is 0 Å². The molecule has 0 aliphatic heterocycles. The number of fused-ring (bicyclic) bond motifs is 4. The predicted molar refractivity (Wildman–Crippen MR) is 118 cm³/mol. The van der Waals surface area contributed by atoms with E-state index < -0.39 is 11.8 Å². The molecule has 2 saturated carbocycles. The highest BCUT2D eigenvalue weighted by molar-refractivity contribution is 5.92. The lowest BCUT2D eigenvalue weighted by atomic mass is 9.88. The van der Waals surface area contributed by atoms with Gasteiger partial charge < -0.3 is 5.11 Å². The SMILES string of the molecule is OC1(C(F)(F)F)c2ccccc2-c2c(-c3cnn(C45CCC6=CCC(CC64)C5)c3)cccc21. The van der Waals surface area contributed by atoms with Crippen molar-refractivity contribution in [3.8, 4) is 22.3 Å². The lowest BCUT2D eigenvalue weighted by Gasteiger charge is -2.30. The van der Waals surface area contributed by atoms with E-state index in [1.165, 1.54) is 18.6 Å². The third kappa shape index (κ3) is 2.32. The van der Waals surface area contributed by atoms with E-state index >= 15 is 0 Å². The molecule has 0 radical (unpaired) electrons. The van der Waals surface area contributed by atoms with Crippen LogP contribution in [0.1, 0.15) is 43.2 Å². The second-order valence-corrected chi connectivity index (χ2v) is 10.1. The summed E-state index contributed by atoms with van der Waals surface area (Å²) in [6.07, 6.45) is 7.07. The maximum Gasteiger partial charge on any atom is 0.425 e. The smallest absolute Gasteiger partial charge is 0.372 e. The zero-order chi connectivity index (χ0) is 22.6. The molecule has 33 heavy (non-hydrogen) atoms. The fourth-order valence-electron chi connectivity index (χ4n) is 7.25. The summed E-state index contributed by atoms with van der Waals surface area (Å²) in [4.78, 5) is 0. The molecule has 2 aromatic carbocycles. The quantitative estimate of drug-likeness (QED) is 0.476. The van der Waals surface area contributed by atoms with Crippen molar-refractivity contribution < 1.29 is 18.3 Å². The molecule has 0 amide bonds. The first-order valence-corrected chi connectivity index (χ1v) is 11.6. The highest BCUT2D eigenvalue weighted by atomic mass is 19.4. The number of nitrogens with zero attached hydrogens (tertiary/aromatic N) is 2. The van der Waals surface area contributed by atoms with E-state index in [-0.39, 0.29) is 16.7 Å². The van der Waals surface area contributed by atoms with Gasteiger partial charge in [-0.25, -0.2) is 0 Å². The molecule has 7 rings (SSSR count). The molecule has 168 valence electrons. The Hall–Kier alpha value is -2.86. The summed E-state index contributed by atoms with van der Waals surface area (Å²) in [7, 11) is 0. The predicted octanol–water partition coefficient (Wildman–Crippen LogP) is 6.17. The lowest BCUT2D eigenvalue weighted by Crippen LogP contribution is -2.41. The number of aliphatic hydroxyl groups is 1. The van der Waals surface area contributed by atoms with Crippen LogP contribution in [-0.4, -0.2) is 21.1 Å². The van der Waals surface area contributed by atoms with Crippen LogP contribution in [0.5, 0.6) is 0 Å². The summed E-state index contributed by atoms with van der Waals surface area (Å²) in [6.45, 7) is 0. The highest BCUT2D eigenvalue weighted by Gasteiger charge is 2.61. The number of benzene rings is 2. The van der Waals surface area contributed by atoms with E-state index in [9.17, 15) is 18.3 Å². The number of rotatable bonds is 2. The second kappa shape index (κ2) is 6.17. The average molecular weight is 448 g/mol. The Morgan fingerprint density at radius 2 is 1.82 bits per heavy atom. The summed E-state index contributed by atoms with van der Waals surface area (Å²) in [6, 6.07) is 11.1. The van der Waals surface area contributed by atoms with Gasteiger partial charge in [-0.2, -0.15) is 18.3 Å². The van der Waals surface area contributed by atoms with Gasteiger partial charge >= 0.3 is 6.18 Å². The second-order valence-electron chi connectivity index (χ2n) is 10.1. The van der Waals surface area contributed by atoms with Crippen LogP contribution in [0.2, 0.25) is 0 Å². The van der Waals surface area contributed by atoms with Crippen LogP contribution in [-0.2, 0) is 11.1 Å². The Bertz CT molecular complexity index is 1340. The molecular weight excluding hydrogens is 425 g/mol. The van der Waals surface area contributed by atoms with Gasteiger partial charge in [0, 0.05) is 28.8 Å². The van der Waals surface area contributed by atoms with Gasteiger partial charge in [0.25, 0.3) is 0 Å². The molecule has 1 N–H and O–H groups in total. The topological polar surface area (TPSA) is 38.1 Å². The highest BCUT2D eigenvalue weighted by Crippen LogP contribution is 2.61. The molecule has 4 aliphatic rings. The Morgan fingerprint density at radius 3 is 2.67 bits per heavy atom. The van der Waals surface area contributed by atoms with Crippen molar-refractivity contribution in [2.75, 3.05) is 0 Å². The van der Waals surface area contributed by atoms with Crippen molar-refractivity contribution >= 4 is 0 Å². The Labute approximate surface area is 189 Å². The molecule has 4 atom stereocenters. The molecule has 1 heterocycles. The van der Waals surface area contributed by atoms with E-state index in [4.69, 9.17) is 5.10 Å². The number of halogens is 3. The van der Waals surface area contributed by atoms with Gasteiger partial charge in [0.05, 0.1) is 11.7 Å². The first-order chi connectivity index (χ1) is 15.8. The standard InChI is InChI=1S/C27H23F3N2O/c28-27(29,30)26(33)21-6-2-1-4-20(21)24-19(5-3-7-22(24)26)18-14-31-32(15-18)25-11-10-17-9-8-16(13-25)12-23(17)25/h1-7,9,14-16,23,33H,8,10-13H2. The monoisotopic (exact) mass is 448 g/mol. The number of alkyl halides is 3. The van der Waals surface area contributed by atoms with Crippen LogP contribution in [0.3, 0.4) is 0 Å². The minimum absolute atomic E-state index is 0.00613. The van der Waals surface area contributed by atoms with E-state index in [1.54, 1.807) is 36.0 Å². The molecule has 4 aliphatic carbocycles. The fourth-order valence-corrected chi connectivity index (χ4v) is 7.25. The molecule has 2 fully saturated rings. The van der Waals surface area contributed by atoms with Crippen molar-refractivity contribution in [3.63, 3.8) is 0 Å². The van der Waals surface area contributed by atoms with Gasteiger partial charge in [-0.15, -0.1) is 0 Å². The van der Waals surface area contributed by atoms with E-state index in [2.05, 4.69) is 10.8 Å². The van der Waals surface area contributed by atoms with Crippen LogP contribution in [0, 0.1) is 11.8 Å². The molecule has 3 nitrogen and oxygen atoms in total. The molecule has 0 spiro atoms. The minimum atomic E-state index is -4.83. The molecule has 6 heteroatoms. The van der Waals surface area contributed by atoms with Crippen molar-refractivity contribution in [2.24, 2.45) is 11.8 Å². The van der Waals surface area contributed by atoms with Gasteiger partial charge in [0.1, 0.15) is 0 Å². The van der Waals surface area contributed by atoms with Crippen molar-refractivity contribution in [3.05, 3.63) is 77.6 Å². The minimum Gasteiger partial charge on any atom is -0.372 e. The van der Waals surface area contributed by atoms with E-state index in [0.717, 1.165) is 31.2 Å². The van der Waals surface area contributed by atoms with E-state index in [1.807, 2.05) is 12.3 Å². The molecule has 1 aromatic heterocycles. The van der Waals surface area contributed by atoms with Crippen molar-refractivity contribution in [1.82, 2.24) is 9.78 Å². The number of hydrogen-bond donors (Lipinski definition) is 1. The van der Waals surface area contributed by atoms with Crippen LogP contribution in [0.4, 0.5) is 13.2 Å². The molecular formula is C27H23F3N2O. The number of hydrogen-bond acceptors (Lipinski definition) is 2. The summed E-state index contributed by atoms with van der Waals surface area (Å²) >= 11 is 0. The Morgan fingerprint density at radius 1 is 1.03 bits per heavy atom. The van der Waals surface area contributed by atoms with Crippen LogP contribution >= 0.6 is 0 Å². The van der Waals surface area contributed by atoms with Crippen LogP contribution < -0.4 is 0 Å². The third-order valence-electron chi connectivity index (χ3n) is 8.67. The van der Waals surface area contributed by atoms with Crippen LogP contribution in [0.25, 0.3) is 22.3 Å². The number of allylic oxidation sites excluding steroid dienone is 2. The normalized spacial score (nSPS) is 31.5. The van der Waals surface area contributed by atoms with E-state index in [0.29, 0.717) is 28.5 Å². The van der Waals surface area contributed by atoms with Gasteiger partial charge in [-0.05, 0) is 54.7 Å². The fraction of sp³-hybridized carbons (Fsp3) is 0.370. The maximum absolute atomic E-state index is 14.2. The molecule has 2 bridgehead atoms. The Balaban J connectivity index is 1.39. The summed E-state index contributed by atoms with van der Waals surface area (Å²) in [5, 5.41) is 15.8. The van der Waals surface area contributed by atoms with Gasteiger partial charge in [-0.3, -0.25) is 4.68 Å². The maximum atomic E-state index is 14.2. The van der Waals surface area contributed by atoms with Crippen molar-refractivity contribution in [1.29, 1.82) is 0 Å². The summed E-state index contributed by atoms with van der Waals surface area (Å²) in [5.41, 5.74) is 0.664. The first kappa shape index (κ1) is 19.6. The summed E-state index contributed by atoms with van der Waals surface area (Å²) < 4.78 is 44.7. The Kier molecular flexibility index (Phi) is 3.67. The van der Waals surface area contributed by atoms with Crippen molar-refractivity contribution in [2.45, 2.75) is 49.4 Å².